The molecule has 4 nitrogen and oxygen atoms in total. The molecule has 0 spiro atoms. The van der Waals surface area contributed by atoms with Crippen molar-refractivity contribution in [1.29, 1.82) is 5.26 Å². The van der Waals surface area contributed by atoms with Crippen LogP contribution in [0.1, 0.15) is 36.8 Å². The number of carbonyl (C=O) groups is 1. The summed E-state index contributed by atoms with van der Waals surface area (Å²) in [7, 11) is 0. The summed E-state index contributed by atoms with van der Waals surface area (Å²) in [5.74, 6) is 0.600. The second-order valence-corrected chi connectivity index (χ2v) is 6.39. The molecule has 0 saturated carbocycles. The van der Waals surface area contributed by atoms with Crippen LogP contribution in [-0.2, 0) is 11.3 Å². The third-order valence-electron chi connectivity index (χ3n) is 4.82. The summed E-state index contributed by atoms with van der Waals surface area (Å²) in [6.45, 7) is 4.74. The van der Waals surface area contributed by atoms with Crippen LogP contribution in [0.5, 0.6) is 0 Å². The van der Waals surface area contributed by atoms with Gasteiger partial charge in [-0.15, -0.1) is 0 Å². The third kappa shape index (κ3) is 3.48. The fraction of sp³-hybridized carbons (Fsp3) is 0.556. The van der Waals surface area contributed by atoms with Crippen LogP contribution >= 0.6 is 0 Å². The van der Waals surface area contributed by atoms with Gasteiger partial charge in [0.05, 0.1) is 11.6 Å². The number of hydrogen-bond donors (Lipinski definition) is 0. The summed E-state index contributed by atoms with van der Waals surface area (Å²) >= 11 is 0. The van der Waals surface area contributed by atoms with E-state index in [4.69, 9.17) is 5.26 Å². The first-order chi connectivity index (χ1) is 10.8. The normalized spacial score (nSPS) is 20.0. The largest absolute Gasteiger partial charge is 0.342 e. The second-order valence-electron chi connectivity index (χ2n) is 6.39. The molecular weight excluding hydrogens is 274 g/mol. The fourth-order valence-electron chi connectivity index (χ4n) is 3.53. The summed E-state index contributed by atoms with van der Waals surface area (Å²) in [6.07, 6.45) is 4.26. The minimum atomic E-state index is 0.222. The number of carbonyl (C=O) groups excluding carboxylic acids is 1. The van der Waals surface area contributed by atoms with Crippen LogP contribution in [0.3, 0.4) is 0 Å². The lowest BCUT2D eigenvalue weighted by atomic mass is 9.95. The molecule has 0 aliphatic carbocycles. The first-order valence-electron chi connectivity index (χ1n) is 8.26. The van der Waals surface area contributed by atoms with Gasteiger partial charge in [0.1, 0.15) is 0 Å². The molecule has 1 amide bonds. The van der Waals surface area contributed by atoms with E-state index in [1.54, 1.807) is 0 Å². The first kappa shape index (κ1) is 15.1. The molecule has 0 bridgehead atoms. The minimum absolute atomic E-state index is 0.222. The van der Waals surface area contributed by atoms with Crippen molar-refractivity contribution < 1.29 is 4.79 Å². The topological polar surface area (TPSA) is 47.3 Å². The van der Waals surface area contributed by atoms with Gasteiger partial charge < -0.3 is 4.90 Å². The van der Waals surface area contributed by atoms with Crippen LogP contribution in [-0.4, -0.2) is 41.9 Å². The highest BCUT2D eigenvalue weighted by molar-refractivity contribution is 5.79. The Hall–Kier alpha value is -1.86. The highest BCUT2D eigenvalue weighted by Crippen LogP contribution is 2.23. The molecule has 2 fully saturated rings. The highest BCUT2D eigenvalue weighted by atomic mass is 16.2. The van der Waals surface area contributed by atoms with Crippen molar-refractivity contribution in [2.45, 2.75) is 32.2 Å². The zero-order valence-electron chi connectivity index (χ0n) is 13.0. The lowest BCUT2D eigenvalue weighted by Crippen LogP contribution is -2.41. The molecule has 4 heteroatoms. The first-order valence-corrected chi connectivity index (χ1v) is 8.26. The van der Waals surface area contributed by atoms with Crippen LogP contribution in [0.2, 0.25) is 0 Å². The van der Waals surface area contributed by atoms with Gasteiger partial charge in [-0.25, -0.2) is 0 Å². The Balaban J connectivity index is 1.51. The van der Waals surface area contributed by atoms with Crippen molar-refractivity contribution in [2.75, 3.05) is 26.2 Å². The van der Waals surface area contributed by atoms with Gasteiger partial charge in [0.2, 0.25) is 5.91 Å². The molecule has 2 saturated heterocycles. The van der Waals surface area contributed by atoms with Gasteiger partial charge in [-0.3, -0.25) is 9.69 Å². The summed E-state index contributed by atoms with van der Waals surface area (Å²) in [4.78, 5) is 16.9. The van der Waals surface area contributed by atoms with Crippen molar-refractivity contribution in [2.24, 2.45) is 5.92 Å². The second kappa shape index (κ2) is 6.93. The number of amides is 1. The zero-order chi connectivity index (χ0) is 15.4. The van der Waals surface area contributed by atoms with Gasteiger partial charge in [0.25, 0.3) is 0 Å². The smallest absolute Gasteiger partial charge is 0.225 e. The van der Waals surface area contributed by atoms with Crippen LogP contribution in [0.25, 0.3) is 0 Å². The molecule has 1 aromatic carbocycles. The Morgan fingerprint density at radius 2 is 1.91 bits per heavy atom. The van der Waals surface area contributed by atoms with E-state index in [1.165, 1.54) is 18.4 Å². The molecule has 3 rings (SSSR count). The number of likely N-dealkylation sites (tertiary alicyclic amines) is 2. The van der Waals surface area contributed by atoms with E-state index in [0.29, 0.717) is 5.91 Å². The number of rotatable bonds is 3. The molecule has 2 aliphatic rings. The van der Waals surface area contributed by atoms with Gasteiger partial charge in [-0.1, -0.05) is 12.1 Å². The van der Waals surface area contributed by atoms with Gasteiger partial charge in [0.15, 0.2) is 0 Å². The number of nitriles is 1. The molecule has 0 radical (unpaired) electrons. The third-order valence-corrected chi connectivity index (χ3v) is 4.82. The Morgan fingerprint density at radius 1 is 1.18 bits per heavy atom. The van der Waals surface area contributed by atoms with E-state index < -0.39 is 0 Å². The maximum Gasteiger partial charge on any atom is 0.225 e. The van der Waals surface area contributed by atoms with Crippen molar-refractivity contribution in [1.82, 2.24) is 9.80 Å². The van der Waals surface area contributed by atoms with E-state index >= 15 is 0 Å². The molecular formula is C18H23N3O. The monoisotopic (exact) mass is 297 g/mol. The van der Waals surface area contributed by atoms with Crippen molar-refractivity contribution >= 4 is 5.91 Å². The van der Waals surface area contributed by atoms with E-state index in [0.717, 1.165) is 51.1 Å². The SMILES string of the molecule is N#Cc1cccc(CN2CCC(C(=O)N3CCCC3)CC2)c1. The van der Waals surface area contributed by atoms with Crippen LogP contribution < -0.4 is 0 Å². The average Bonchev–Trinajstić information content (AvgIpc) is 3.09. The minimum Gasteiger partial charge on any atom is -0.342 e. The number of nitrogens with zero attached hydrogens (tertiary/aromatic N) is 3. The zero-order valence-corrected chi connectivity index (χ0v) is 13.0. The Kier molecular flexibility index (Phi) is 4.74. The molecule has 2 aliphatic heterocycles. The standard InChI is InChI=1S/C18H23N3O/c19-13-15-4-3-5-16(12-15)14-20-10-6-17(7-11-20)18(22)21-8-1-2-9-21/h3-5,12,17H,1-2,6-11,14H2. The highest BCUT2D eigenvalue weighted by Gasteiger charge is 2.29. The van der Waals surface area contributed by atoms with E-state index in [-0.39, 0.29) is 5.92 Å². The van der Waals surface area contributed by atoms with Crippen molar-refractivity contribution in [3.63, 3.8) is 0 Å². The van der Waals surface area contributed by atoms with Crippen LogP contribution in [0.4, 0.5) is 0 Å². The maximum atomic E-state index is 12.4. The lowest BCUT2D eigenvalue weighted by molar-refractivity contribution is -0.136. The summed E-state index contributed by atoms with van der Waals surface area (Å²) < 4.78 is 0. The molecule has 116 valence electrons. The summed E-state index contributed by atoms with van der Waals surface area (Å²) in [6, 6.07) is 10.0. The van der Waals surface area contributed by atoms with Gasteiger partial charge in [-0.05, 0) is 56.5 Å². The number of benzene rings is 1. The van der Waals surface area contributed by atoms with Crippen LogP contribution in [0, 0.1) is 17.2 Å². The Morgan fingerprint density at radius 3 is 2.59 bits per heavy atom. The molecule has 0 unspecified atom stereocenters. The average molecular weight is 297 g/mol. The lowest BCUT2D eigenvalue weighted by Gasteiger charge is -2.33. The van der Waals surface area contributed by atoms with Crippen LogP contribution in [0.15, 0.2) is 24.3 Å². The molecule has 1 aromatic rings. The van der Waals surface area contributed by atoms with E-state index in [1.807, 2.05) is 18.2 Å². The van der Waals surface area contributed by atoms with E-state index in [9.17, 15) is 4.79 Å². The number of hydrogen-bond acceptors (Lipinski definition) is 3. The molecule has 0 aromatic heterocycles. The predicted molar refractivity (Wildman–Crippen MR) is 85.0 cm³/mol. The van der Waals surface area contributed by atoms with Crippen molar-refractivity contribution in [3.05, 3.63) is 35.4 Å². The predicted octanol–water partition coefficient (Wildman–Crippen LogP) is 2.39. The number of piperidine rings is 1. The Labute approximate surface area is 132 Å². The Bertz CT molecular complexity index is 564. The fourth-order valence-corrected chi connectivity index (χ4v) is 3.53. The quantitative estimate of drug-likeness (QED) is 0.860. The van der Waals surface area contributed by atoms with Gasteiger partial charge in [0, 0.05) is 25.6 Å². The van der Waals surface area contributed by atoms with E-state index in [2.05, 4.69) is 21.9 Å². The summed E-state index contributed by atoms with van der Waals surface area (Å²) in [5, 5.41) is 8.96. The molecule has 2 heterocycles. The summed E-state index contributed by atoms with van der Waals surface area (Å²) in [5.41, 5.74) is 1.90. The van der Waals surface area contributed by atoms with Gasteiger partial charge in [-0.2, -0.15) is 5.26 Å². The van der Waals surface area contributed by atoms with Crippen molar-refractivity contribution in [3.8, 4) is 6.07 Å². The molecule has 0 N–H and O–H groups in total. The molecule has 22 heavy (non-hydrogen) atoms. The molecule has 0 atom stereocenters. The maximum absolute atomic E-state index is 12.4. The van der Waals surface area contributed by atoms with Gasteiger partial charge >= 0.3 is 0 Å².